The Morgan fingerprint density at radius 3 is 2.57 bits per heavy atom. The van der Waals surface area contributed by atoms with Crippen molar-refractivity contribution in [3.63, 3.8) is 0 Å². The van der Waals surface area contributed by atoms with E-state index in [0.717, 1.165) is 18.4 Å². The van der Waals surface area contributed by atoms with Gasteiger partial charge in [0.2, 0.25) is 0 Å². The molecule has 0 fully saturated rings. The van der Waals surface area contributed by atoms with E-state index in [4.69, 9.17) is 9.42 Å². The van der Waals surface area contributed by atoms with Crippen LogP contribution in [0.25, 0.3) is 0 Å². The molecule has 0 radical (unpaired) electrons. The molecule has 0 bridgehead atoms. The first kappa shape index (κ1) is 11.3. The zero-order valence-electron chi connectivity index (χ0n) is 8.41. The van der Waals surface area contributed by atoms with Crippen molar-refractivity contribution < 1.29 is 14.0 Å². The highest BCUT2D eigenvalue weighted by Crippen LogP contribution is 2.29. The normalized spacial score (nSPS) is 12.5. The lowest BCUT2D eigenvalue weighted by Gasteiger charge is -2.11. The Morgan fingerprint density at radius 2 is 2.07 bits per heavy atom. The van der Waals surface area contributed by atoms with E-state index in [1.165, 1.54) is 5.56 Å². The second-order valence-corrected chi connectivity index (χ2v) is 3.70. The summed E-state index contributed by atoms with van der Waals surface area (Å²) >= 11 is 0. The quantitative estimate of drug-likeness (QED) is 0.783. The van der Waals surface area contributed by atoms with Crippen molar-refractivity contribution in [3.8, 4) is 5.75 Å². The van der Waals surface area contributed by atoms with E-state index in [1.807, 2.05) is 19.1 Å². The standard InChI is InChI=1S/C10H15O3P/c1-3-8-6-5-7-10(9(8)4-2)13-14(11)12/h5-7,14H,3-4H2,1-2H3,(H,11,12). The monoisotopic (exact) mass is 214 g/mol. The van der Waals surface area contributed by atoms with Crippen LogP contribution < -0.4 is 4.52 Å². The van der Waals surface area contributed by atoms with E-state index in [1.54, 1.807) is 6.07 Å². The Bertz CT molecular complexity index is 336. The fourth-order valence-electron chi connectivity index (χ4n) is 1.53. The van der Waals surface area contributed by atoms with Gasteiger partial charge in [0.15, 0.2) is 0 Å². The maximum atomic E-state index is 10.6. The van der Waals surface area contributed by atoms with E-state index in [2.05, 4.69) is 6.92 Å². The van der Waals surface area contributed by atoms with Crippen LogP contribution in [0.2, 0.25) is 0 Å². The molecule has 0 spiro atoms. The van der Waals surface area contributed by atoms with Crippen molar-refractivity contribution >= 4 is 8.25 Å². The van der Waals surface area contributed by atoms with Gasteiger partial charge in [0, 0.05) is 0 Å². The molecule has 78 valence electrons. The van der Waals surface area contributed by atoms with Crippen LogP contribution in [-0.2, 0) is 17.4 Å². The molecule has 0 aliphatic rings. The van der Waals surface area contributed by atoms with Gasteiger partial charge in [0.25, 0.3) is 0 Å². The zero-order chi connectivity index (χ0) is 10.6. The topological polar surface area (TPSA) is 46.5 Å². The van der Waals surface area contributed by atoms with Gasteiger partial charge >= 0.3 is 8.25 Å². The third-order valence-electron chi connectivity index (χ3n) is 2.16. The van der Waals surface area contributed by atoms with Gasteiger partial charge < -0.3 is 9.42 Å². The highest BCUT2D eigenvalue weighted by Gasteiger charge is 2.07. The molecule has 0 aliphatic heterocycles. The lowest BCUT2D eigenvalue weighted by atomic mass is 10.0. The molecule has 3 nitrogen and oxygen atoms in total. The third kappa shape index (κ3) is 2.60. The molecule has 1 rings (SSSR count). The molecule has 0 heterocycles. The number of aryl methyl sites for hydroxylation is 1. The lowest BCUT2D eigenvalue weighted by molar-refractivity contribution is 0.408. The predicted molar refractivity (Wildman–Crippen MR) is 57.0 cm³/mol. The molecule has 0 aromatic heterocycles. The van der Waals surface area contributed by atoms with Gasteiger partial charge in [0.05, 0.1) is 0 Å². The smallest absolute Gasteiger partial charge is 0.365 e. The Labute approximate surface area is 84.7 Å². The fourth-order valence-corrected chi connectivity index (χ4v) is 1.91. The van der Waals surface area contributed by atoms with Crippen molar-refractivity contribution in [3.05, 3.63) is 29.3 Å². The molecular formula is C10H15O3P. The van der Waals surface area contributed by atoms with Gasteiger partial charge in [-0.2, -0.15) is 0 Å². The molecule has 1 unspecified atom stereocenters. The van der Waals surface area contributed by atoms with E-state index in [9.17, 15) is 4.57 Å². The summed E-state index contributed by atoms with van der Waals surface area (Å²) in [6.45, 7) is 4.07. The summed E-state index contributed by atoms with van der Waals surface area (Å²) in [6, 6.07) is 5.59. The fraction of sp³-hybridized carbons (Fsp3) is 0.400. The number of benzene rings is 1. The van der Waals surface area contributed by atoms with Crippen LogP contribution >= 0.6 is 8.25 Å². The first-order valence-electron chi connectivity index (χ1n) is 4.70. The first-order chi connectivity index (χ1) is 6.69. The van der Waals surface area contributed by atoms with E-state index in [-0.39, 0.29) is 0 Å². The van der Waals surface area contributed by atoms with Crippen LogP contribution in [0, 0.1) is 0 Å². The van der Waals surface area contributed by atoms with E-state index < -0.39 is 8.25 Å². The van der Waals surface area contributed by atoms with E-state index >= 15 is 0 Å². The first-order valence-corrected chi connectivity index (χ1v) is 5.97. The van der Waals surface area contributed by atoms with Crippen molar-refractivity contribution in [2.24, 2.45) is 0 Å². The van der Waals surface area contributed by atoms with Gasteiger partial charge in [-0.1, -0.05) is 26.0 Å². The Kier molecular flexibility index (Phi) is 4.18. The van der Waals surface area contributed by atoms with Crippen LogP contribution in [0.1, 0.15) is 25.0 Å². The minimum absolute atomic E-state index is 0.540. The van der Waals surface area contributed by atoms with E-state index in [0.29, 0.717) is 5.75 Å². The summed E-state index contributed by atoms with van der Waals surface area (Å²) in [7, 11) is -2.89. The van der Waals surface area contributed by atoms with Crippen molar-refractivity contribution in [1.82, 2.24) is 0 Å². The lowest BCUT2D eigenvalue weighted by Crippen LogP contribution is -1.94. The van der Waals surface area contributed by atoms with Gasteiger partial charge in [-0.3, -0.25) is 0 Å². The minimum Gasteiger partial charge on any atom is -0.426 e. The second kappa shape index (κ2) is 5.18. The summed E-state index contributed by atoms with van der Waals surface area (Å²) in [5, 5.41) is 0. The highest BCUT2D eigenvalue weighted by atomic mass is 31.1. The maximum absolute atomic E-state index is 10.6. The maximum Gasteiger partial charge on any atom is 0.365 e. The molecule has 0 saturated carbocycles. The zero-order valence-corrected chi connectivity index (χ0v) is 9.41. The minimum atomic E-state index is -2.89. The van der Waals surface area contributed by atoms with Crippen molar-refractivity contribution in [1.29, 1.82) is 0 Å². The van der Waals surface area contributed by atoms with Gasteiger partial charge in [-0.15, -0.1) is 0 Å². The van der Waals surface area contributed by atoms with Crippen LogP contribution in [0.3, 0.4) is 0 Å². The second-order valence-electron chi connectivity index (χ2n) is 2.97. The van der Waals surface area contributed by atoms with Crippen molar-refractivity contribution in [2.75, 3.05) is 0 Å². The average molecular weight is 214 g/mol. The summed E-state index contributed by atoms with van der Waals surface area (Å²) < 4.78 is 15.5. The van der Waals surface area contributed by atoms with Gasteiger partial charge in [-0.05, 0) is 30.0 Å². The molecule has 1 N–H and O–H groups in total. The predicted octanol–water partition coefficient (Wildman–Crippen LogP) is 2.57. The van der Waals surface area contributed by atoms with Crippen LogP contribution in [0.4, 0.5) is 0 Å². The molecular weight excluding hydrogens is 199 g/mol. The average Bonchev–Trinajstić information content (AvgIpc) is 2.16. The van der Waals surface area contributed by atoms with Crippen LogP contribution in [0.5, 0.6) is 5.75 Å². The van der Waals surface area contributed by atoms with Gasteiger partial charge in [-0.25, -0.2) is 4.57 Å². The summed E-state index contributed by atoms with van der Waals surface area (Å²) in [4.78, 5) is 8.71. The van der Waals surface area contributed by atoms with Crippen LogP contribution in [0.15, 0.2) is 18.2 Å². The summed E-state index contributed by atoms with van der Waals surface area (Å²) in [6.07, 6.45) is 1.72. The number of hydrogen-bond acceptors (Lipinski definition) is 2. The highest BCUT2D eigenvalue weighted by molar-refractivity contribution is 7.32. The number of rotatable bonds is 4. The summed E-state index contributed by atoms with van der Waals surface area (Å²) in [5.41, 5.74) is 2.20. The Hall–Kier alpha value is -0.790. The molecule has 14 heavy (non-hydrogen) atoms. The largest absolute Gasteiger partial charge is 0.426 e. The molecule has 1 aromatic carbocycles. The summed E-state index contributed by atoms with van der Waals surface area (Å²) in [5.74, 6) is 0.540. The molecule has 1 aromatic rings. The Morgan fingerprint density at radius 1 is 1.36 bits per heavy atom. The third-order valence-corrected chi connectivity index (χ3v) is 2.56. The van der Waals surface area contributed by atoms with Crippen molar-refractivity contribution in [2.45, 2.75) is 26.7 Å². The SMILES string of the molecule is CCc1cccc(O[PH](=O)O)c1CC. The number of hydrogen-bond donors (Lipinski definition) is 1. The molecule has 4 heteroatoms. The molecule has 0 saturated heterocycles. The Balaban J connectivity index is 3.08. The van der Waals surface area contributed by atoms with Gasteiger partial charge in [0.1, 0.15) is 5.75 Å². The molecule has 1 atom stereocenters. The molecule has 0 amide bonds. The van der Waals surface area contributed by atoms with Crippen LogP contribution in [-0.4, -0.2) is 4.89 Å². The molecule has 0 aliphatic carbocycles.